The van der Waals surface area contributed by atoms with E-state index in [0.717, 1.165) is 0 Å². The number of aliphatic hydroxyl groups excluding tert-OH is 7. The number of H-pyrrole nitrogens is 1. The van der Waals surface area contributed by atoms with Crippen LogP contribution in [0.15, 0.2) is 24.4 Å². The Labute approximate surface area is 192 Å². The van der Waals surface area contributed by atoms with Crippen LogP contribution in [0.1, 0.15) is 0 Å². The third-order valence-corrected chi connectivity index (χ3v) is 6.04. The first-order chi connectivity index (χ1) is 15.7. The fourth-order valence-electron chi connectivity index (χ4n) is 3.95. The maximum absolute atomic E-state index is 10.7. The van der Waals surface area contributed by atoms with Gasteiger partial charge in [-0.05, 0) is 18.2 Å². The molecular weight excluding hydrogens is 466 g/mol. The zero-order valence-corrected chi connectivity index (χ0v) is 17.9. The van der Waals surface area contributed by atoms with Crippen molar-refractivity contribution in [1.82, 2.24) is 4.98 Å². The molecule has 33 heavy (non-hydrogen) atoms. The normalized spacial score (nSPS) is 39.6. The predicted octanol–water partition coefficient (Wildman–Crippen LogP) is -2.18. The molecule has 4 rings (SSSR count). The van der Waals surface area contributed by atoms with Gasteiger partial charge in [0.05, 0.1) is 18.7 Å². The Kier molecular flexibility index (Phi) is 7.43. The molecule has 2 saturated heterocycles. The highest BCUT2D eigenvalue weighted by Crippen LogP contribution is 2.33. The Morgan fingerprint density at radius 2 is 1.52 bits per heavy atom. The first kappa shape index (κ1) is 24.6. The van der Waals surface area contributed by atoms with Crippen molar-refractivity contribution in [3.63, 3.8) is 0 Å². The Morgan fingerprint density at radius 3 is 2.21 bits per heavy atom. The minimum atomic E-state index is -1.74. The van der Waals surface area contributed by atoms with Crippen molar-refractivity contribution in [2.45, 2.75) is 61.4 Å². The number of nitrogens with one attached hydrogen (secondary N) is 1. The van der Waals surface area contributed by atoms with Gasteiger partial charge in [-0.3, -0.25) is 0 Å². The molecule has 10 unspecified atom stereocenters. The van der Waals surface area contributed by atoms with Crippen molar-refractivity contribution in [3.05, 3.63) is 29.4 Å². The average molecular weight is 492 g/mol. The molecule has 3 heterocycles. The quantitative estimate of drug-likeness (QED) is 0.219. The molecule has 2 fully saturated rings. The summed E-state index contributed by atoms with van der Waals surface area (Å²) in [5, 5.41) is 71.5. The molecule has 10 atom stereocenters. The van der Waals surface area contributed by atoms with Crippen LogP contribution >= 0.6 is 11.6 Å². The maximum atomic E-state index is 10.7. The summed E-state index contributed by atoms with van der Waals surface area (Å²) >= 11 is 5.97. The van der Waals surface area contributed by atoms with Gasteiger partial charge in [-0.2, -0.15) is 0 Å². The molecule has 2 aliphatic rings. The average Bonchev–Trinajstić information content (AvgIpc) is 3.20. The lowest BCUT2D eigenvalue weighted by atomic mass is 9.97. The van der Waals surface area contributed by atoms with E-state index in [1.165, 1.54) is 6.20 Å². The van der Waals surface area contributed by atoms with E-state index in [1.807, 2.05) is 0 Å². The summed E-state index contributed by atoms with van der Waals surface area (Å²) in [6.45, 7) is -1.33. The summed E-state index contributed by atoms with van der Waals surface area (Å²) < 4.78 is 22.1. The number of hydrogen-bond acceptors (Lipinski definition) is 11. The number of aliphatic hydroxyl groups is 7. The van der Waals surface area contributed by atoms with Crippen LogP contribution in [0.25, 0.3) is 10.9 Å². The SMILES string of the molecule is OCC1OC(OC2C(CO)OC(Oc3c[nH]c4cc(Cl)ccc34)C(O)C2O)C(O)C(O)C1O. The fourth-order valence-corrected chi connectivity index (χ4v) is 4.12. The van der Waals surface area contributed by atoms with Gasteiger partial charge in [0.15, 0.2) is 6.29 Å². The van der Waals surface area contributed by atoms with E-state index in [9.17, 15) is 35.7 Å². The van der Waals surface area contributed by atoms with Crippen LogP contribution < -0.4 is 4.74 Å². The Morgan fingerprint density at radius 1 is 0.848 bits per heavy atom. The number of hydrogen-bond donors (Lipinski definition) is 8. The van der Waals surface area contributed by atoms with Gasteiger partial charge in [0.1, 0.15) is 54.6 Å². The molecule has 184 valence electrons. The van der Waals surface area contributed by atoms with Gasteiger partial charge < -0.3 is 59.7 Å². The van der Waals surface area contributed by atoms with Gasteiger partial charge in [0, 0.05) is 16.6 Å². The van der Waals surface area contributed by atoms with Gasteiger partial charge in [-0.25, -0.2) is 0 Å². The van der Waals surface area contributed by atoms with Gasteiger partial charge in [0.2, 0.25) is 6.29 Å². The second-order valence-corrected chi connectivity index (χ2v) is 8.40. The van der Waals surface area contributed by atoms with Crippen molar-refractivity contribution >= 4 is 22.5 Å². The molecule has 13 heteroatoms. The fraction of sp³-hybridized carbons (Fsp3) is 0.600. The molecule has 1 aromatic heterocycles. The van der Waals surface area contributed by atoms with Gasteiger partial charge in [-0.1, -0.05) is 11.6 Å². The highest BCUT2D eigenvalue weighted by atomic mass is 35.5. The number of halogens is 1. The van der Waals surface area contributed by atoms with E-state index in [0.29, 0.717) is 21.7 Å². The third kappa shape index (κ3) is 4.70. The first-order valence-electron chi connectivity index (χ1n) is 10.3. The molecule has 12 nitrogen and oxygen atoms in total. The van der Waals surface area contributed by atoms with Crippen molar-refractivity contribution in [2.24, 2.45) is 0 Å². The van der Waals surface area contributed by atoms with Crippen LogP contribution in [0.2, 0.25) is 5.02 Å². The molecule has 0 radical (unpaired) electrons. The molecule has 2 aromatic rings. The molecule has 8 N–H and O–H groups in total. The summed E-state index contributed by atoms with van der Waals surface area (Å²) in [6.07, 6.45) is -13.7. The van der Waals surface area contributed by atoms with Gasteiger partial charge >= 0.3 is 0 Å². The lowest BCUT2D eigenvalue weighted by molar-refractivity contribution is -0.352. The zero-order chi connectivity index (χ0) is 23.9. The Hall–Kier alpha value is -1.55. The number of aromatic amines is 1. The molecule has 2 aliphatic heterocycles. The van der Waals surface area contributed by atoms with E-state index in [1.54, 1.807) is 18.2 Å². The summed E-state index contributed by atoms with van der Waals surface area (Å²) in [5.41, 5.74) is 0.672. The molecule has 0 aliphatic carbocycles. The summed E-state index contributed by atoms with van der Waals surface area (Å²) in [7, 11) is 0. The van der Waals surface area contributed by atoms with Crippen molar-refractivity contribution in [1.29, 1.82) is 0 Å². The number of rotatable bonds is 6. The lowest BCUT2D eigenvalue weighted by Gasteiger charge is -2.45. The first-order valence-corrected chi connectivity index (χ1v) is 10.6. The summed E-state index contributed by atoms with van der Waals surface area (Å²) in [6, 6.07) is 5.03. The largest absolute Gasteiger partial charge is 0.460 e. The number of benzene rings is 1. The molecule has 0 bridgehead atoms. The van der Waals surface area contributed by atoms with Crippen LogP contribution in [0.4, 0.5) is 0 Å². The van der Waals surface area contributed by atoms with E-state index in [-0.39, 0.29) is 0 Å². The number of aromatic nitrogens is 1. The Balaban J connectivity index is 1.49. The molecular formula is C20H26ClNO11. The number of fused-ring (bicyclic) bond motifs is 1. The number of ether oxygens (including phenoxy) is 4. The predicted molar refractivity (Wildman–Crippen MR) is 110 cm³/mol. The third-order valence-electron chi connectivity index (χ3n) is 5.81. The zero-order valence-electron chi connectivity index (χ0n) is 17.1. The minimum Gasteiger partial charge on any atom is -0.460 e. The second kappa shape index (κ2) is 9.98. The highest BCUT2D eigenvalue weighted by molar-refractivity contribution is 6.31. The second-order valence-electron chi connectivity index (χ2n) is 7.97. The van der Waals surface area contributed by atoms with Crippen molar-refractivity contribution < 1.29 is 54.7 Å². The molecule has 0 amide bonds. The van der Waals surface area contributed by atoms with Crippen molar-refractivity contribution in [2.75, 3.05) is 13.2 Å². The van der Waals surface area contributed by atoms with Crippen LogP contribution in [-0.2, 0) is 14.2 Å². The monoisotopic (exact) mass is 491 g/mol. The maximum Gasteiger partial charge on any atom is 0.229 e. The minimum absolute atomic E-state index is 0.308. The van der Waals surface area contributed by atoms with E-state index in [2.05, 4.69) is 4.98 Å². The van der Waals surface area contributed by atoms with E-state index >= 15 is 0 Å². The Bertz CT molecular complexity index is 940. The van der Waals surface area contributed by atoms with Gasteiger partial charge in [0.25, 0.3) is 0 Å². The van der Waals surface area contributed by atoms with Crippen LogP contribution in [-0.4, -0.2) is 115 Å². The smallest absolute Gasteiger partial charge is 0.229 e. The van der Waals surface area contributed by atoms with Crippen molar-refractivity contribution in [3.8, 4) is 5.75 Å². The van der Waals surface area contributed by atoms with Gasteiger partial charge in [-0.15, -0.1) is 0 Å². The topological polar surface area (TPSA) is 194 Å². The lowest BCUT2D eigenvalue weighted by Crippen LogP contribution is -2.65. The summed E-state index contributed by atoms with van der Waals surface area (Å²) in [5.74, 6) is 0.308. The highest BCUT2D eigenvalue weighted by Gasteiger charge is 2.51. The summed E-state index contributed by atoms with van der Waals surface area (Å²) in [4.78, 5) is 2.96. The van der Waals surface area contributed by atoms with Crippen LogP contribution in [0, 0.1) is 0 Å². The molecule has 0 spiro atoms. The molecule has 1 aromatic carbocycles. The van der Waals surface area contributed by atoms with E-state index in [4.69, 9.17) is 30.5 Å². The molecule has 0 saturated carbocycles. The van der Waals surface area contributed by atoms with Crippen LogP contribution in [0.5, 0.6) is 5.75 Å². The van der Waals surface area contributed by atoms with E-state index < -0.39 is 74.6 Å². The standard InChI is InChI=1S/C20H26ClNO11/c21-7-1-2-8-9(3-7)22-4-10(8)30-19-17(29)15(27)18(12(6-24)32-19)33-20-16(28)14(26)13(25)11(5-23)31-20/h1-4,11-20,22-29H,5-6H2. The van der Waals surface area contributed by atoms with Crippen LogP contribution in [0.3, 0.4) is 0 Å².